The SMILES string of the molecule is COc1ccc(CN(Cc2ccc(OC)cc2)S(=O)(=O)c2c(S(=O)(=O)N[C@@H]3CC[N+](C)(CCNC(=O)OC(C)(C)C)C3)ccc(I)c2-c2nnn(Cc3ccc(OC)cc3)n2)cc1.[I-]. The van der Waals surface area contributed by atoms with Crippen LogP contribution in [0.3, 0.4) is 0 Å². The van der Waals surface area contributed by atoms with Crippen LogP contribution in [0, 0.1) is 3.57 Å². The Balaban J connectivity index is 0.00000771. The zero-order chi connectivity index (χ0) is 45.6. The van der Waals surface area contributed by atoms with Gasteiger partial charge in [0.05, 0.1) is 72.7 Å². The topological polar surface area (TPSA) is 193 Å². The van der Waals surface area contributed by atoms with E-state index in [1.807, 2.05) is 41.8 Å². The molecule has 64 heavy (non-hydrogen) atoms. The number of halogens is 2. The number of quaternary nitrogens is 1. The first-order valence-electron chi connectivity index (χ1n) is 20.1. The highest BCUT2D eigenvalue weighted by Crippen LogP contribution is 2.38. The molecule has 1 aliphatic heterocycles. The zero-order valence-electron chi connectivity index (χ0n) is 36.7. The highest BCUT2D eigenvalue weighted by Gasteiger charge is 2.41. The number of amides is 1. The Kier molecular flexibility index (Phi) is 17.0. The monoisotopic (exact) mass is 1140 g/mol. The molecular weight excluding hydrogens is 1090 g/mol. The Hall–Kier alpha value is -4.14. The third-order valence-electron chi connectivity index (χ3n) is 10.5. The summed E-state index contributed by atoms with van der Waals surface area (Å²) in [6.45, 7) is 7.17. The number of rotatable bonds is 18. The van der Waals surface area contributed by atoms with Crippen molar-refractivity contribution in [3.05, 3.63) is 105 Å². The van der Waals surface area contributed by atoms with Gasteiger partial charge in [0.15, 0.2) is 0 Å². The van der Waals surface area contributed by atoms with E-state index >= 15 is 8.42 Å². The first kappa shape index (κ1) is 50.9. The standard InChI is InChI=1S/C43H53IN8O9S2.HI/c1-43(2,3)61-42(53)45-23-25-52(4)24-22-33(29-52)48-62(54,55)38-21-20-37(44)39(41-46-49-51(47-41)28-32-12-18-36(60-7)19-13-32)40(38)63(56,57)50(26-30-8-14-34(58-5)15-9-30)27-31-10-16-35(59-6)17-11-31;/h8-21,33,48H,22-29H2,1-7H3;1H/t33-,52?;/m1./s1. The molecule has 5 aromatic rings. The summed E-state index contributed by atoms with van der Waals surface area (Å²) >= 11 is 1.98. The number of carbonyl (C=O) groups is 1. The number of sulfonamides is 2. The summed E-state index contributed by atoms with van der Waals surface area (Å²) in [6, 6.07) is 23.6. The second kappa shape index (κ2) is 21.4. The molecule has 0 bridgehead atoms. The number of aromatic nitrogens is 4. The fraction of sp³-hybridized carbons (Fsp3) is 0.395. The Labute approximate surface area is 406 Å². The third-order valence-corrected chi connectivity index (χ3v) is 14.9. The van der Waals surface area contributed by atoms with Crippen molar-refractivity contribution in [2.45, 2.75) is 68.3 Å². The van der Waals surface area contributed by atoms with Gasteiger partial charge in [0, 0.05) is 23.1 Å². The van der Waals surface area contributed by atoms with Crippen molar-refractivity contribution in [1.82, 2.24) is 34.6 Å². The smallest absolute Gasteiger partial charge is 0.407 e. The maximum atomic E-state index is 15.6. The van der Waals surface area contributed by atoms with Crippen LogP contribution in [0.2, 0.25) is 0 Å². The van der Waals surface area contributed by atoms with Crippen LogP contribution >= 0.6 is 22.6 Å². The largest absolute Gasteiger partial charge is 1.00 e. The molecule has 6 rings (SSSR count). The van der Waals surface area contributed by atoms with Gasteiger partial charge >= 0.3 is 6.09 Å². The molecule has 2 heterocycles. The van der Waals surface area contributed by atoms with Crippen molar-refractivity contribution < 1.29 is 69.0 Å². The number of likely N-dealkylation sites (N-methyl/N-ethyl adjacent to an activating group) is 1. The Morgan fingerprint density at radius 2 is 1.38 bits per heavy atom. The van der Waals surface area contributed by atoms with E-state index in [4.69, 9.17) is 18.9 Å². The predicted octanol–water partition coefficient (Wildman–Crippen LogP) is 2.44. The van der Waals surface area contributed by atoms with Crippen molar-refractivity contribution in [2.75, 3.05) is 54.6 Å². The number of hydrogen-bond donors (Lipinski definition) is 2. The van der Waals surface area contributed by atoms with Gasteiger partial charge in [-0.25, -0.2) is 26.4 Å². The molecule has 2 atom stereocenters. The summed E-state index contributed by atoms with van der Waals surface area (Å²) < 4.78 is 87.1. The molecule has 0 saturated carbocycles. The van der Waals surface area contributed by atoms with E-state index in [9.17, 15) is 13.2 Å². The molecule has 1 aromatic heterocycles. The average molecular weight is 1140 g/mol. The molecule has 0 radical (unpaired) electrons. The minimum Gasteiger partial charge on any atom is -1.00 e. The summed E-state index contributed by atoms with van der Waals surface area (Å²) in [5, 5.41) is 16.0. The van der Waals surface area contributed by atoms with Crippen LogP contribution in [0.25, 0.3) is 11.4 Å². The molecule has 1 fully saturated rings. The van der Waals surface area contributed by atoms with Crippen LogP contribution in [-0.2, 0) is 44.4 Å². The van der Waals surface area contributed by atoms with E-state index in [1.54, 1.807) is 109 Å². The van der Waals surface area contributed by atoms with Crippen molar-refractivity contribution in [1.29, 1.82) is 0 Å². The minimum absolute atomic E-state index is 0. The number of tetrazole rings is 1. The van der Waals surface area contributed by atoms with E-state index < -0.39 is 47.6 Å². The second-order valence-corrected chi connectivity index (χ2v) is 21.2. The van der Waals surface area contributed by atoms with Crippen LogP contribution in [0.1, 0.15) is 43.9 Å². The molecule has 0 aliphatic carbocycles. The number of methoxy groups -OCH3 is 3. The maximum Gasteiger partial charge on any atom is 0.407 e. The summed E-state index contributed by atoms with van der Waals surface area (Å²) in [4.78, 5) is 12.7. The van der Waals surface area contributed by atoms with E-state index in [0.29, 0.717) is 69.0 Å². The molecule has 4 aromatic carbocycles. The lowest BCUT2D eigenvalue weighted by Gasteiger charge is -2.30. The molecule has 17 nitrogen and oxygen atoms in total. The highest BCUT2D eigenvalue weighted by molar-refractivity contribution is 14.1. The lowest BCUT2D eigenvalue weighted by Crippen LogP contribution is -3.00. The number of nitrogens with one attached hydrogen (secondary N) is 2. The number of hydrogen-bond acceptors (Lipinski definition) is 12. The highest BCUT2D eigenvalue weighted by atomic mass is 127. The van der Waals surface area contributed by atoms with Gasteiger partial charge in [0.25, 0.3) is 0 Å². The second-order valence-electron chi connectivity index (χ2n) is 16.5. The van der Waals surface area contributed by atoms with Gasteiger partial charge in [-0.2, -0.15) is 9.10 Å². The minimum atomic E-state index is -4.73. The molecule has 1 amide bonds. The van der Waals surface area contributed by atoms with Crippen LogP contribution < -0.4 is 48.2 Å². The zero-order valence-corrected chi connectivity index (χ0v) is 42.7. The van der Waals surface area contributed by atoms with Crippen LogP contribution in [0.15, 0.2) is 94.7 Å². The molecule has 0 spiro atoms. The van der Waals surface area contributed by atoms with Crippen molar-refractivity contribution >= 4 is 48.7 Å². The van der Waals surface area contributed by atoms with Crippen molar-refractivity contribution in [3.8, 4) is 28.6 Å². The lowest BCUT2D eigenvalue weighted by molar-refractivity contribution is -0.896. The molecule has 2 N–H and O–H groups in total. The van der Waals surface area contributed by atoms with E-state index in [-0.39, 0.29) is 55.0 Å². The van der Waals surface area contributed by atoms with E-state index in [0.717, 1.165) is 5.56 Å². The van der Waals surface area contributed by atoms with E-state index in [1.165, 1.54) is 15.2 Å². The van der Waals surface area contributed by atoms with Gasteiger partial charge < -0.3 is 52.7 Å². The van der Waals surface area contributed by atoms with Gasteiger partial charge in [-0.3, -0.25) is 0 Å². The molecule has 1 unspecified atom stereocenters. The number of nitrogens with zero attached hydrogens (tertiary/aromatic N) is 6. The number of carbonyl (C=O) groups excluding carboxylic acids is 1. The van der Waals surface area contributed by atoms with Crippen LogP contribution in [0.5, 0.6) is 17.2 Å². The third kappa shape index (κ3) is 13.0. The van der Waals surface area contributed by atoms with Gasteiger partial charge in [0.2, 0.25) is 25.9 Å². The molecule has 21 heteroatoms. The molecular formula is C43H54I2N8O9S2. The number of benzene rings is 4. The summed E-state index contributed by atoms with van der Waals surface area (Å²) in [6.07, 6.45) is -0.0545. The van der Waals surface area contributed by atoms with Gasteiger partial charge in [-0.05, 0) is 114 Å². The van der Waals surface area contributed by atoms with Gasteiger partial charge in [0.1, 0.15) is 32.6 Å². The number of ether oxygens (including phenoxy) is 4. The Morgan fingerprint density at radius 3 is 1.89 bits per heavy atom. The number of alkyl carbamates (subject to hydrolysis) is 1. The number of likely N-dealkylation sites (tertiary alicyclic amines) is 1. The Bertz CT molecular complexity index is 2540. The van der Waals surface area contributed by atoms with Crippen LogP contribution in [0.4, 0.5) is 4.79 Å². The van der Waals surface area contributed by atoms with Crippen LogP contribution in [-0.4, -0.2) is 118 Å². The normalized spacial score (nSPS) is 16.5. The fourth-order valence-electron chi connectivity index (χ4n) is 7.25. The Morgan fingerprint density at radius 1 is 0.844 bits per heavy atom. The summed E-state index contributed by atoms with van der Waals surface area (Å²) in [5.74, 6) is 1.78. The first-order valence-corrected chi connectivity index (χ1v) is 24.1. The van der Waals surface area contributed by atoms with Gasteiger partial charge in [-0.15, -0.1) is 10.2 Å². The van der Waals surface area contributed by atoms with Crippen molar-refractivity contribution in [2.24, 2.45) is 0 Å². The fourth-order valence-corrected chi connectivity index (χ4v) is 11.8. The predicted molar refractivity (Wildman–Crippen MR) is 244 cm³/mol. The summed E-state index contributed by atoms with van der Waals surface area (Å²) in [7, 11) is -2.63. The lowest BCUT2D eigenvalue weighted by atomic mass is 10.2. The quantitative estimate of drug-likeness (QED) is 0.0964. The van der Waals surface area contributed by atoms with Gasteiger partial charge in [-0.1, -0.05) is 36.4 Å². The molecule has 346 valence electrons. The average Bonchev–Trinajstić information content (AvgIpc) is 3.85. The summed E-state index contributed by atoms with van der Waals surface area (Å²) in [5.41, 5.74) is 1.45. The molecule has 1 saturated heterocycles. The molecule has 1 aliphatic rings. The van der Waals surface area contributed by atoms with Crippen molar-refractivity contribution in [3.63, 3.8) is 0 Å². The maximum absolute atomic E-state index is 15.6. The van der Waals surface area contributed by atoms with E-state index in [2.05, 4.69) is 25.4 Å². The first-order chi connectivity index (χ1) is 29.8.